The summed E-state index contributed by atoms with van der Waals surface area (Å²) in [4.78, 5) is 5.65. The number of thiazole rings is 1. The molecule has 0 radical (unpaired) electrons. The summed E-state index contributed by atoms with van der Waals surface area (Å²) in [6, 6.07) is 0. The highest BCUT2D eigenvalue weighted by molar-refractivity contribution is 7.99. The Bertz CT molecular complexity index is 414. The van der Waals surface area contributed by atoms with Crippen LogP contribution in [0.4, 0.5) is 0 Å². The topological polar surface area (TPSA) is 17.3 Å². The zero-order valence-electron chi connectivity index (χ0n) is 7.94. The fraction of sp³-hybridized carbons (Fsp3) is 0.444. The molecule has 0 amide bonds. The van der Waals surface area contributed by atoms with E-state index >= 15 is 0 Å². The number of aryl methyl sites for hydroxylation is 1. The number of hydrogen-bond donors (Lipinski definition) is 0. The van der Waals surface area contributed by atoms with Crippen molar-refractivity contribution in [2.75, 3.05) is 0 Å². The van der Waals surface area contributed by atoms with Crippen molar-refractivity contribution in [1.29, 1.82) is 0 Å². The molecule has 2 nitrogen and oxygen atoms in total. The summed E-state index contributed by atoms with van der Waals surface area (Å²) >= 11 is 3.52. The molecule has 0 aromatic carbocycles. The van der Waals surface area contributed by atoms with Crippen molar-refractivity contribution in [3.63, 3.8) is 0 Å². The van der Waals surface area contributed by atoms with Crippen molar-refractivity contribution in [1.82, 2.24) is 9.38 Å². The van der Waals surface area contributed by atoms with Crippen LogP contribution in [0.25, 0.3) is 4.96 Å². The summed E-state index contributed by atoms with van der Waals surface area (Å²) in [5.74, 6) is 0. The molecule has 4 heteroatoms. The molecule has 0 fully saturated rings. The summed E-state index contributed by atoms with van der Waals surface area (Å²) in [6.45, 7) is 6.51. The highest BCUT2D eigenvalue weighted by Gasteiger charge is 2.10. The van der Waals surface area contributed by atoms with Crippen LogP contribution in [0.1, 0.15) is 19.5 Å². The van der Waals surface area contributed by atoms with Crippen LogP contribution in [-0.4, -0.2) is 14.6 Å². The van der Waals surface area contributed by atoms with Crippen LogP contribution >= 0.6 is 23.1 Å². The van der Waals surface area contributed by atoms with Gasteiger partial charge in [-0.15, -0.1) is 23.1 Å². The molecule has 13 heavy (non-hydrogen) atoms. The molecule has 70 valence electrons. The fourth-order valence-corrected chi connectivity index (χ4v) is 2.89. The minimum absolute atomic E-state index is 0.600. The zero-order chi connectivity index (χ0) is 9.42. The lowest BCUT2D eigenvalue weighted by atomic mass is 10.5. The monoisotopic (exact) mass is 212 g/mol. The Hall–Kier alpha value is -0.480. The van der Waals surface area contributed by atoms with Gasteiger partial charge >= 0.3 is 0 Å². The molecule has 0 aliphatic carbocycles. The van der Waals surface area contributed by atoms with Crippen LogP contribution in [0.15, 0.2) is 16.6 Å². The summed E-state index contributed by atoms with van der Waals surface area (Å²) in [7, 11) is 0. The molecule has 0 N–H and O–H groups in total. The third-order valence-electron chi connectivity index (χ3n) is 1.80. The SMILES string of the molecule is Cc1c(SC(C)C)nc2sccn12. The van der Waals surface area contributed by atoms with Gasteiger partial charge in [-0.05, 0) is 6.92 Å². The van der Waals surface area contributed by atoms with E-state index in [0.717, 1.165) is 4.96 Å². The highest BCUT2D eigenvalue weighted by atomic mass is 32.2. The van der Waals surface area contributed by atoms with Gasteiger partial charge < -0.3 is 0 Å². The Labute approximate surface area is 86.0 Å². The van der Waals surface area contributed by atoms with Crippen LogP contribution in [0.2, 0.25) is 0 Å². The van der Waals surface area contributed by atoms with E-state index in [1.165, 1.54) is 10.7 Å². The summed E-state index contributed by atoms with van der Waals surface area (Å²) in [5.41, 5.74) is 1.26. The lowest BCUT2D eigenvalue weighted by Crippen LogP contribution is -1.88. The van der Waals surface area contributed by atoms with E-state index in [1.54, 1.807) is 11.3 Å². The van der Waals surface area contributed by atoms with E-state index in [0.29, 0.717) is 5.25 Å². The third-order valence-corrected chi connectivity index (χ3v) is 3.64. The third kappa shape index (κ3) is 1.60. The van der Waals surface area contributed by atoms with E-state index in [-0.39, 0.29) is 0 Å². The van der Waals surface area contributed by atoms with Crippen molar-refractivity contribution < 1.29 is 0 Å². The average molecular weight is 212 g/mol. The number of fused-ring (bicyclic) bond motifs is 1. The number of aromatic nitrogens is 2. The van der Waals surface area contributed by atoms with Gasteiger partial charge in [-0.2, -0.15) is 0 Å². The van der Waals surface area contributed by atoms with Crippen molar-refractivity contribution in [2.24, 2.45) is 0 Å². The van der Waals surface area contributed by atoms with Gasteiger partial charge in [-0.25, -0.2) is 4.98 Å². The van der Waals surface area contributed by atoms with Crippen molar-refractivity contribution in [3.8, 4) is 0 Å². The maximum absolute atomic E-state index is 4.56. The predicted octanol–water partition coefficient (Wildman–Crippen LogP) is 3.20. The van der Waals surface area contributed by atoms with Crippen LogP contribution in [0.3, 0.4) is 0 Å². The lowest BCUT2D eigenvalue weighted by molar-refractivity contribution is 1.05. The van der Waals surface area contributed by atoms with Gasteiger partial charge in [0.25, 0.3) is 0 Å². The van der Waals surface area contributed by atoms with E-state index in [1.807, 2.05) is 11.8 Å². The highest BCUT2D eigenvalue weighted by Crippen LogP contribution is 2.27. The van der Waals surface area contributed by atoms with Gasteiger partial charge in [0.2, 0.25) is 0 Å². The van der Waals surface area contributed by atoms with Gasteiger partial charge in [0.05, 0.1) is 5.69 Å². The van der Waals surface area contributed by atoms with Crippen molar-refractivity contribution >= 4 is 28.1 Å². The summed E-state index contributed by atoms with van der Waals surface area (Å²) in [5, 5.41) is 3.84. The predicted molar refractivity (Wildman–Crippen MR) is 58.8 cm³/mol. The Balaban J connectivity index is 2.45. The van der Waals surface area contributed by atoms with Crippen molar-refractivity contribution in [3.05, 3.63) is 17.3 Å². The molecule has 0 unspecified atom stereocenters. The Kier molecular flexibility index (Phi) is 2.34. The number of nitrogens with zero attached hydrogens (tertiary/aromatic N) is 2. The first kappa shape index (κ1) is 9.09. The molecule has 0 spiro atoms. The van der Waals surface area contributed by atoms with Gasteiger partial charge in [0.15, 0.2) is 4.96 Å². The molecule has 0 aliphatic heterocycles. The molecule has 2 aromatic rings. The largest absolute Gasteiger partial charge is 0.294 e. The van der Waals surface area contributed by atoms with Gasteiger partial charge in [-0.3, -0.25) is 4.40 Å². The van der Waals surface area contributed by atoms with Crippen molar-refractivity contribution in [2.45, 2.75) is 31.0 Å². The molecule has 0 atom stereocenters. The molecule has 0 saturated carbocycles. The van der Waals surface area contributed by atoms with E-state index in [2.05, 4.69) is 41.7 Å². The lowest BCUT2D eigenvalue weighted by Gasteiger charge is -2.01. The van der Waals surface area contributed by atoms with Gasteiger partial charge in [0.1, 0.15) is 5.03 Å². The van der Waals surface area contributed by atoms with Crippen LogP contribution in [0, 0.1) is 6.92 Å². The molecular weight excluding hydrogens is 200 g/mol. The second-order valence-electron chi connectivity index (χ2n) is 3.22. The molecule has 0 aliphatic rings. The quantitative estimate of drug-likeness (QED) is 0.711. The maximum Gasteiger partial charge on any atom is 0.194 e. The zero-order valence-corrected chi connectivity index (χ0v) is 9.58. The Morgan fingerprint density at radius 1 is 1.54 bits per heavy atom. The number of imidazole rings is 1. The molecule has 0 saturated heterocycles. The first-order valence-corrected chi connectivity index (χ1v) is 6.03. The number of thioether (sulfide) groups is 1. The molecule has 2 aromatic heterocycles. The van der Waals surface area contributed by atoms with E-state index in [9.17, 15) is 0 Å². The molecule has 2 rings (SSSR count). The first-order valence-electron chi connectivity index (χ1n) is 4.27. The standard InChI is InChI=1S/C9H12N2S2/c1-6(2)13-8-7(3)11-4-5-12-9(11)10-8/h4-6H,1-3H3. The summed E-state index contributed by atoms with van der Waals surface area (Å²) < 4.78 is 2.15. The molecular formula is C9H12N2S2. The maximum atomic E-state index is 4.56. The summed E-state index contributed by atoms with van der Waals surface area (Å²) in [6.07, 6.45) is 2.08. The number of rotatable bonds is 2. The van der Waals surface area contributed by atoms with Crippen LogP contribution in [0.5, 0.6) is 0 Å². The minimum atomic E-state index is 0.600. The first-order chi connectivity index (χ1) is 6.18. The molecule has 2 heterocycles. The minimum Gasteiger partial charge on any atom is -0.294 e. The van der Waals surface area contributed by atoms with Gasteiger partial charge in [0, 0.05) is 16.8 Å². The Morgan fingerprint density at radius 3 is 2.92 bits per heavy atom. The molecule has 0 bridgehead atoms. The van der Waals surface area contributed by atoms with Crippen LogP contribution in [-0.2, 0) is 0 Å². The normalized spacial score (nSPS) is 11.7. The second kappa shape index (κ2) is 3.35. The van der Waals surface area contributed by atoms with E-state index in [4.69, 9.17) is 0 Å². The average Bonchev–Trinajstić information content (AvgIpc) is 2.56. The number of hydrogen-bond acceptors (Lipinski definition) is 3. The fourth-order valence-electron chi connectivity index (χ4n) is 1.21. The Morgan fingerprint density at radius 2 is 2.31 bits per heavy atom. The van der Waals surface area contributed by atoms with Gasteiger partial charge in [-0.1, -0.05) is 13.8 Å². The van der Waals surface area contributed by atoms with E-state index < -0.39 is 0 Å². The second-order valence-corrected chi connectivity index (χ2v) is 5.66. The van der Waals surface area contributed by atoms with Crippen LogP contribution < -0.4 is 0 Å². The smallest absolute Gasteiger partial charge is 0.194 e.